The summed E-state index contributed by atoms with van der Waals surface area (Å²) in [5.41, 5.74) is 1.94. The van der Waals surface area contributed by atoms with Crippen LogP contribution in [0.1, 0.15) is 24.4 Å². The van der Waals surface area contributed by atoms with Crippen LogP contribution < -0.4 is 0 Å². The molecule has 2 aromatic rings. The molecule has 0 aliphatic heterocycles. The van der Waals surface area contributed by atoms with Crippen LogP contribution in [-0.2, 0) is 0 Å². The number of nitrogens with zero attached hydrogens (tertiary/aromatic N) is 2. The molecule has 1 unspecified atom stereocenters. The predicted molar refractivity (Wildman–Crippen MR) is 62.8 cm³/mol. The Balaban J connectivity index is 2.39. The zero-order chi connectivity index (χ0) is 11.7. The fourth-order valence-electron chi connectivity index (χ4n) is 1.30. The number of hydrogen-bond acceptors (Lipinski definition) is 4. The molecule has 0 bridgehead atoms. The van der Waals surface area contributed by atoms with E-state index in [4.69, 9.17) is 4.52 Å². The Morgan fingerprint density at radius 3 is 2.75 bits per heavy atom. The van der Waals surface area contributed by atoms with Crippen molar-refractivity contribution in [2.24, 2.45) is 0 Å². The summed E-state index contributed by atoms with van der Waals surface area (Å²) in [6.07, 6.45) is -0.714. The molecule has 4 nitrogen and oxygen atoms in total. The number of hydrogen-bond donors (Lipinski definition) is 1. The van der Waals surface area contributed by atoms with Crippen LogP contribution >= 0.6 is 15.9 Å². The number of aliphatic hydroxyl groups excluding tert-OH is 1. The topological polar surface area (TPSA) is 59.2 Å². The fraction of sp³-hybridized carbons (Fsp3) is 0.273. The van der Waals surface area contributed by atoms with Gasteiger partial charge in [-0.15, -0.1) is 0 Å². The first kappa shape index (κ1) is 11.3. The molecule has 16 heavy (non-hydrogen) atoms. The highest BCUT2D eigenvalue weighted by molar-refractivity contribution is 9.10. The van der Waals surface area contributed by atoms with Crippen molar-refractivity contribution in [2.45, 2.75) is 20.0 Å². The van der Waals surface area contributed by atoms with Crippen molar-refractivity contribution < 1.29 is 9.63 Å². The first-order valence-corrected chi connectivity index (χ1v) is 5.65. The van der Waals surface area contributed by atoms with Gasteiger partial charge in [0.15, 0.2) is 5.82 Å². The van der Waals surface area contributed by atoms with Gasteiger partial charge in [0.25, 0.3) is 5.89 Å². The van der Waals surface area contributed by atoms with Gasteiger partial charge < -0.3 is 9.63 Å². The summed E-state index contributed by atoms with van der Waals surface area (Å²) < 4.78 is 6.10. The van der Waals surface area contributed by atoms with Crippen molar-refractivity contribution in [1.29, 1.82) is 0 Å². The zero-order valence-electron chi connectivity index (χ0n) is 8.94. The Morgan fingerprint density at radius 2 is 2.19 bits per heavy atom. The van der Waals surface area contributed by atoms with Crippen LogP contribution in [0, 0.1) is 6.92 Å². The van der Waals surface area contributed by atoms with Crippen LogP contribution in [0.15, 0.2) is 27.2 Å². The average Bonchev–Trinajstić information content (AvgIpc) is 2.71. The second-order valence-corrected chi connectivity index (χ2v) is 4.45. The largest absolute Gasteiger partial charge is 0.385 e. The molecule has 5 heteroatoms. The van der Waals surface area contributed by atoms with Gasteiger partial charge in [0.05, 0.1) is 0 Å². The molecule has 1 N–H and O–H groups in total. The van der Waals surface area contributed by atoms with Crippen molar-refractivity contribution >= 4 is 15.9 Å². The lowest BCUT2D eigenvalue weighted by molar-refractivity contribution is 0.184. The van der Waals surface area contributed by atoms with E-state index in [0.717, 1.165) is 15.6 Å². The molecule has 1 atom stereocenters. The molecule has 1 aromatic heterocycles. The van der Waals surface area contributed by atoms with Crippen LogP contribution in [0.4, 0.5) is 0 Å². The normalized spacial score (nSPS) is 12.8. The maximum atomic E-state index is 9.29. The molecule has 0 spiro atoms. The summed E-state index contributed by atoms with van der Waals surface area (Å²) in [5.74, 6) is 0.724. The number of rotatable bonds is 2. The lowest BCUT2D eigenvalue weighted by atomic mass is 10.1. The highest BCUT2D eigenvalue weighted by atomic mass is 79.9. The highest BCUT2D eigenvalue weighted by Gasteiger charge is 2.12. The van der Waals surface area contributed by atoms with Crippen molar-refractivity contribution in [3.8, 4) is 11.5 Å². The molecule has 0 saturated carbocycles. The second kappa shape index (κ2) is 4.35. The van der Waals surface area contributed by atoms with Gasteiger partial charge in [0.1, 0.15) is 6.10 Å². The lowest BCUT2D eigenvalue weighted by Gasteiger charge is -1.99. The van der Waals surface area contributed by atoms with E-state index in [1.807, 2.05) is 25.1 Å². The monoisotopic (exact) mass is 282 g/mol. The van der Waals surface area contributed by atoms with E-state index in [1.165, 1.54) is 0 Å². The molecule has 1 heterocycles. The van der Waals surface area contributed by atoms with Crippen LogP contribution in [0.5, 0.6) is 0 Å². The number of aryl methyl sites for hydroxylation is 1. The van der Waals surface area contributed by atoms with Crippen LogP contribution in [-0.4, -0.2) is 15.2 Å². The summed E-state index contributed by atoms with van der Waals surface area (Å²) in [6.45, 7) is 3.58. The molecule has 1 aromatic carbocycles. The average molecular weight is 283 g/mol. The van der Waals surface area contributed by atoms with Crippen molar-refractivity contribution in [1.82, 2.24) is 10.1 Å². The Bertz CT molecular complexity index is 508. The summed E-state index contributed by atoms with van der Waals surface area (Å²) in [4.78, 5) is 4.11. The van der Waals surface area contributed by atoms with Crippen LogP contribution in [0.2, 0.25) is 0 Å². The van der Waals surface area contributed by atoms with Crippen LogP contribution in [0.3, 0.4) is 0 Å². The summed E-state index contributed by atoms with van der Waals surface area (Å²) in [5, 5.41) is 13.0. The smallest absolute Gasteiger partial charge is 0.258 e. The van der Waals surface area contributed by atoms with Crippen LogP contribution in [0.25, 0.3) is 11.5 Å². The van der Waals surface area contributed by atoms with Gasteiger partial charge in [-0.2, -0.15) is 4.98 Å². The molecule has 2 rings (SSSR count). The van der Waals surface area contributed by atoms with E-state index < -0.39 is 6.10 Å². The fourth-order valence-corrected chi connectivity index (χ4v) is 1.55. The first-order valence-electron chi connectivity index (χ1n) is 4.86. The molecule has 0 aliphatic carbocycles. The van der Waals surface area contributed by atoms with Gasteiger partial charge in [-0.1, -0.05) is 21.1 Å². The van der Waals surface area contributed by atoms with Gasteiger partial charge in [0.2, 0.25) is 0 Å². The number of halogens is 1. The molecule has 0 fully saturated rings. The third-order valence-electron chi connectivity index (χ3n) is 2.22. The maximum absolute atomic E-state index is 9.29. The SMILES string of the molecule is Cc1cc(-c2nc(C(C)O)no2)ccc1Br. The number of aliphatic hydroxyl groups is 1. The van der Waals surface area contributed by atoms with Crippen molar-refractivity contribution in [3.63, 3.8) is 0 Å². The lowest BCUT2D eigenvalue weighted by Crippen LogP contribution is -1.93. The third-order valence-corrected chi connectivity index (χ3v) is 3.11. The van der Waals surface area contributed by atoms with E-state index in [9.17, 15) is 5.11 Å². The second-order valence-electron chi connectivity index (χ2n) is 3.60. The molecule has 0 aliphatic rings. The minimum absolute atomic E-state index is 0.301. The van der Waals surface area contributed by atoms with E-state index in [1.54, 1.807) is 6.92 Å². The van der Waals surface area contributed by atoms with Gasteiger partial charge in [-0.3, -0.25) is 0 Å². The quantitative estimate of drug-likeness (QED) is 0.920. The Hall–Kier alpha value is -1.20. The van der Waals surface area contributed by atoms with E-state index in [-0.39, 0.29) is 0 Å². The standard InChI is InChI=1S/C11H11BrN2O2/c1-6-5-8(3-4-9(6)12)11-13-10(7(2)15)14-16-11/h3-5,7,15H,1-2H3. The van der Waals surface area contributed by atoms with Crippen molar-refractivity contribution in [3.05, 3.63) is 34.1 Å². The highest BCUT2D eigenvalue weighted by Crippen LogP contribution is 2.24. The zero-order valence-corrected chi connectivity index (χ0v) is 10.5. The summed E-state index contributed by atoms with van der Waals surface area (Å²) in [7, 11) is 0. The maximum Gasteiger partial charge on any atom is 0.258 e. The summed E-state index contributed by atoms with van der Waals surface area (Å²) >= 11 is 3.42. The van der Waals surface area contributed by atoms with Gasteiger partial charge in [0, 0.05) is 10.0 Å². The number of aromatic nitrogens is 2. The number of benzene rings is 1. The Kier molecular flexibility index (Phi) is 3.07. The van der Waals surface area contributed by atoms with E-state index >= 15 is 0 Å². The third kappa shape index (κ3) is 2.15. The van der Waals surface area contributed by atoms with E-state index in [2.05, 4.69) is 26.1 Å². The van der Waals surface area contributed by atoms with E-state index in [0.29, 0.717) is 11.7 Å². The molecule has 0 saturated heterocycles. The Labute approximate surface area is 101 Å². The van der Waals surface area contributed by atoms with Gasteiger partial charge >= 0.3 is 0 Å². The summed E-state index contributed by atoms with van der Waals surface area (Å²) in [6, 6.07) is 5.76. The predicted octanol–water partition coefficient (Wildman–Crippen LogP) is 2.86. The first-order chi connectivity index (χ1) is 7.58. The van der Waals surface area contributed by atoms with Crippen molar-refractivity contribution in [2.75, 3.05) is 0 Å². The molecule has 0 radical (unpaired) electrons. The molecular formula is C11H11BrN2O2. The molecule has 0 amide bonds. The minimum Gasteiger partial charge on any atom is -0.385 e. The molecular weight excluding hydrogens is 272 g/mol. The Morgan fingerprint density at radius 1 is 1.44 bits per heavy atom. The van der Waals surface area contributed by atoms with Gasteiger partial charge in [-0.25, -0.2) is 0 Å². The van der Waals surface area contributed by atoms with Gasteiger partial charge in [-0.05, 0) is 37.6 Å². The molecule has 84 valence electrons. The minimum atomic E-state index is -0.714.